The van der Waals surface area contributed by atoms with Crippen LogP contribution in [0.4, 0.5) is 5.69 Å². The van der Waals surface area contributed by atoms with Gasteiger partial charge in [-0.15, -0.1) is 0 Å². The zero-order valence-corrected chi connectivity index (χ0v) is 7.81. The van der Waals surface area contributed by atoms with Crippen LogP contribution in [-0.2, 0) is 6.54 Å². The maximum Gasteiger partial charge on any atom is 0.0420 e. The average molecular weight is 176 g/mol. The molecule has 1 aromatic rings. The summed E-state index contributed by atoms with van der Waals surface area (Å²) in [5.41, 5.74) is 10.1. The van der Waals surface area contributed by atoms with Crippen LogP contribution in [0.5, 0.6) is 0 Å². The smallest absolute Gasteiger partial charge is 0.0420 e. The first-order chi connectivity index (χ1) is 6.24. The highest BCUT2D eigenvalue weighted by Gasteiger charge is 1.99. The van der Waals surface area contributed by atoms with Crippen molar-refractivity contribution in [1.82, 2.24) is 4.90 Å². The fourth-order valence-electron chi connectivity index (χ4n) is 1.13. The molecule has 0 aliphatic heterocycles. The summed E-state index contributed by atoms with van der Waals surface area (Å²) in [7, 11) is 3.96. The summed E-state index contributed by atoms with van der Waals surface area (Å²) in [6, 6.07) is 7.58. The molecule has 1 aromatic carbocycles. The highest BCUT2D eigenvalue weighted by Crippen LogP contribution is 2.19. The Morgan fingerprint density at radius 2 is 2.08 bits per heavy atom. The van der Waals surface area contributed by atoms with Gasteiger partial charge < -0.3 is 4.90 Å². The summed E-state index contributed by atoms with van der Waals surface area (Å²) in [5, 5.41) is 3.61. The van der Waals surface area contributed by atoms with Crippen molar-refractivity contribution in [3.8, 4) is 0 Å². The molecule has 0 saturated heterocycles. The Hall–Kier alpha value is -1.51. The molecule has 0 aliphatic carbocycles. The number of azide groups is 1. The van der Waals surface area contributed by atoms with Crippen LogP contribution in [0.15, 0.2) is 29.4 Å². The van der Waals surface area contributed by atoms with Gasteiger partial charge in [0.25, 0.3) is 0 Å². The van der Waals surface area contributed by atoms with E-state index in [2.05, 4.69) is 10.0 Å². The maximum atomic E-state index is 8.32. The summed E-state index contributed by atoms with van der Waals surface area (Å²) >= 11 is 0. The number of nitrogens with zero attached hydrogens (tertiary/aromatic N) is 4. The van der Waals surface area contributed by atoms with Crippen molar-refractivity contribution in [2.24, 2.45) is 5.11 Å². The molecule has 0 N–H and O–H groups in total. The molecule has 0 radical (unpaired) electrons. The molecule has 0 heterocycles. The number of hydrogen-bond acceptors (Lipinski definition) is 2. The molecule has 0 spiro atoms. The molecule has 0 amide bonds. The van der Waals surface area contributed by atoms with Gasteiger partial charge in [0.1, 0.15) is 0 Å². The van der Waals surface area contributed by atoms with Crippen LogP contribution in [0.3, 0.4) is 0 Å². The fourth-order valence-corrected chi connectivity index (χ4v) is 1.13. The number of benzene rings is 1. The monoisotopic (exact) mass is 176 g/mol. The molecule has 13 heavy (non-hydrogen) atoms. The third-order valence-corrected chi connectivity index (χ3v) is 1.63. The molecule has 0 bridgehead atoms. The van der Waals surface area contributed by atoms with Crippen LogP contribution in [-0.4, -0.2) is 19.0 Å². The third-order valence-electron chi connectivity index (χ3n) is 1.63. The van der Waals surface area contributed by atoms with Crippen molar-refractivity contribution in [1.29, 1.82) is 0 Å². The Morgan fingerprint density at radius 3 is 2.69 bits per heavy atom. The van der Waals surface area contributed by atoms with E-state index < -0.39 is 0 Å². The van der Waals surface area contributed by atoms with Gasteiger partial charge in [-0.05, 0) is 25.2 Å². The van der Waals surface area contributed by atoms with Crippen molar-refractivity contribution in [3.63, 3.8) is 0 Å². The number of hydrogen-bond donors (Lipinski definition) is 0. The Bertz CT molecular complexity index is 326. The average Bonchev–Trinajstić information content (AvgIpc) is 2.08. The van der Waals surface area contributed by atoms with Crippen molar-refractivity contribution < 1.29 is 0 Å². The van der Waals surface area contributed by atoms with Gasteiger partial charge in [-0.25, -0.2) is 0 Å². The highest BCUT2D eigenvalue weighted by atomic mass is 15.1. The lowest BCUT2D eigenvalue weighted by Gasteiger charge is -2.10. The molecule has 0 aliphatic rings. The van der Waals surface area contributed by atoms with Gasteiger partial charge in [0, 0.05) is 17.1 Å². The van der Waals surface area contributed by atoms with E-state index in [9.17, 15) is 0 Å². The lowest BCUT2D eigenvalue weighted by molar-refractivity contribution is 0.403. The lowest BCUT2D eigenvalue weighted by atomic mass is 10.2. The van der Waals surface area contributed by atoms with Crippen molar-refractivity contribution in [2.75, 3.05) is 14.1 Å². The van der Waals surface area contributed by atoms with E-state index in [1.54, 1.807) is 0 Å². The maximum absolute atomic E-state index is 8.32. The van der Waals surface area contributed by atoms with Gasteiger partial charge in [-0.3, -0.25) is 0 Å². The molecule has 0 fully saturated rings. The van der Waals surface area contributed by atoms with E-state index in [0.717, 1.165) is 12.1 Å². The largest absolute Gasteiger partial charge is 0.305 e. The minimum atomic E-state index is 0.707. The van der Waals surface area contributed by atoms with E-state index in [-0.39, 0.29) is 0 Å². The minimum Gasteiger partial charge on any atom is -0.305 e. The zero-order valence-electron chi connectivity index (χ0n) is 7.81. The van der Waals surface area contributed by atoms with Crippen LogP contribution in [0.2, 0.25) is 0 Å². The van der Waals surface area contributed by atoms with Crippen LogP contribution in [0.25, 0.3) is 10.4 Å². The molecular weight excluding hydrogens is 164 g/mol. The normalized spacial score (nSPS) is 9.77. The summed E-state index contributed by atoms with van der Waals surface area (Å²) in [5.74, 6) is 0. The second kappa shape index (κ2) is 4.50. The second-order valence-electron chi connectivity index (χ2n) is 3.06. The first-order valence-corrected chi connectivity index (χ1v) is 4.02. The van der Waals surface area contributed by atoms with Crippen molar-refractivity contribution >= 4 is 5.69 Å². The van der Waals surface area contributed by atoms with Crippen molar-refractivity contribution in [2.45, 2.75) is 6.54 Å². The van der Waals surface area contributed by atoms with Gasteiger partial charge in [0.05, 0.1) is 0 Å². The zero-order chi connectivity index (χ0) is 9.68. The Morgan fingerprint density at radius 1 is 1.38 bits per heavy atom. The Labute approximate surface area is 77.4 Å². The third kappa shape index (κ3) is 2.78. The van der Waals surface area contributed by atoms with Crippen LogP contribution in [0.1, 0.15) is 5.56 Å². The molecular formula is C9H12N4. The van der Waals surface area contributed by atoms with Gasteiger partial charge in [-0.1, -0.05) is 29.4 Å². The first kappa shape index (κ1) is 9.58. The number of rotatable bonds is 3. The molecule has 68 valence electrons. The minimum absolute atomic E-state index is 0.707. The SMILES string of the molecule is CN(C)Cc1ccccc1N=[N+]=[N-]. The molecule has 0 aromatic heterocycles. The second-order valence-corrected chi connectivity index (χ2v) is 3.06. The summed E-state index contributed by atoms with van der Waals surface area (Å²) in [6.45, 7) is 0.787. The van der Waals surface area contributed by atoms with E-state index in [1.165, 1.54) is 0 Å². The highest BCUT2D eigenvalue weighted by molar-refractivity contribution is 5.45. The molecule has 0 unspecified atom stereocenters. The Balaban J connectivity index is 2.97. The van der Waals surface area contributed by atoms with Crippen molar-refractivity contribution in [3.05, 3.63) is 40.3 Å². The van der Waals surface area contributed by atoms with E-state index in [4.69, 9.17) is 5.53 Å². The standard InChI is InChI=1S/C9H12N4/c1-13(2)7-8-5-3-4-6-9(8)11-12-10/h3-6H,7H2,1-2H3. The van der Waals surface area contributed by atoms with Gasteiger partial charge in [0.15, 0.2) is 0 Å². The van der Waals surface area contributed by atoms with Crippen LogP contribution in [0, 0.1) is 0 Å². The summed E-state index contributed by atoms with van der Waals surface area (Å²) < 4.78 is 0. The quantitative estimate of drug-likeness (QED) is 0.397. The van der Waals surface area contributed by atoms with Crippen LogP contribution >= 0.6 is 0 Å². The predicted octanol–water partition coefficient (Wildman–Crippen LogP) is 2.69. The van der Waals surface area contributed by atoms with Gasteiger partial charge in [0.2, 0.25) is 0 Å². The summed E-state index contributed by atoms with van der Waals surface area (Å²) in [4.78, 5) is 4.81. The van der Waals surface area contributed by atoms with Crippen LogP contribution < -0.4 is 0 Å². The molecule has 0 saturated carbocycles. The molecule has 1 rings (SSSR count). The topological polar surface area (TPSA) is 52.0 Å². The predicted molar refractivity (Wildman–Crippen MR) is 52.6 cm³/mol. The van der Waals surface area contributed by atoms with E-state index in [0.29, 0.717) is 5.69 Å². The van der Waals surface area contributed by atoms with E-state index in [1.807, 2.05) is 43.3 Å². The fraction of sp³-hybridized carbons (Fsp3) is 0.333. The van der Waals surface area contributed by atoms with Gasteiger partial charge >= 0.3 is 0 Å². The first-order valence-electron chi connectivity index (χ1n) is 4.02. The molecule has 0 atom stereocenters. The summed E-state index contributed by atoms with van der Waals surface area (Å²) in [6.07, 6.45) is 0. The lowest BCUT2D eigenvalue weighted by Crippen LogP contribution is -2.10. The van der Waals surface area contributed by atoms with Gasteiger partial charge in [-0.2, -0.15) is 0 Å². The van der Waals surface area contributed by atoms with E-state index >= 15 is 0 Å². The molecule has 4 heteroatoms. The Kier molecular flexibility index (Phi) is 3.31. The molecule has 4 nitrogen and oxygen atoms in total.